The number of sulfonamides is 1. The molecule has 9 heteroatoms. The number of aryl methyl sites for hydroxylation is 1. The number of esters is 1. The zero-order chi connectivity index (χ0) is 14.9. The number of carbonyl (C=O) groups is 1. The van der Waals surface area contributed by atoms with E-state index in [-0.39, 0.29) is 4.21 Å². The highest BCUT2D eigenvalue weighted by atomic mass is 35.5. The van der Waals surface area contributed by atoms with E-state index in [2.05, 4.69) is 9.46 Å². The van der Waals surface area contributed by atoms with Gasteiger partial charge in [-0.1, -0.05) is 11.6 Å². The van der Waals surface area contributed by atoms with Crippen molar-refractivity contribution >= 4 is 55.3 Å². The van der Waals surface area contributed by atoms with E-state index in [0.717, 1.165) is 22.7 Å². The van der Waals surface area contributed by atoms with E-state index in [9.17, 15) is 13.2 Å². The number of carbonyl (C=O) groups excluding carboxylic acids is 1. The molecule has 0 spiro atoms. The van der Waals surface area contributed by atoms with Crippen molar-refractivity contribution in [2.24, 2.45) is 0 Å². The standard InChI is InChI=1S/C11H10ClNO4S3/c1-6-5-8(19-10(6)11(14)17-2)13-20(15,16)9-4-3-7(12)18-9/h3-5,13H,1-2H3. The Morgan fingerprint density at radius 2 is 2.05 bits per heavy atom. The summed E-state index contributed by atoms with van der Waals surface area (Å²) in [4.78, 5) is 11.9. The first-order valence-electron chi connectivity index (χ1n) is 5.30. The summed E-state index contributed by atoms with van der Waals surface area (Å²) < 4.78 is 31.8. The van der Waals surface area contributed by atoms with Gasteiger partial charge in [-0.05, 0) is 30.7 Å². The molecule has 0 atom stereocenters. The van der Waals surface area contributed by atoms with Crippen LogP contribution in [0.5, 0.6) is 0 Å². The number of hydrogen-bond acceptors (Lipinski definition) is 6. The van der Waals surface area contributed by atoms with Gasteiger partial charge in [0.25, 0.3) is 10.0 Å². The average Bonchev–Trinajstić information content (AvgIpc) is 2.95. The molecular weight excluding hydrogens is 342 g/mol. The maximum Gasteiger partial charge on any atom is 0.348 e. The number of hydrogen-bond donors (Lipinski definition) is 1. The molecular formula is C11H10ClNO4S3. The van der Waals surface area contributed by atoms with Gasteiger partial charge < -0.3 is 4.74 Å². The third-order valence-corrected chi connectivity index (χ3v) is 6.69. The third-order valence-electron chi connectivity index (χ3n) is 2.34. The van der Waals surface area contributed by atoms with E-state index in [1.165, 1.54) is 19.2 Å². The Bertz CT molecular complexity index is 748. The minimum Gasteiger partial charge on any atom is -0.465 e. The van der Waals surface area contributed by atoms with Gasteiger partial charge in [-0.2, -0.15) is 0 Å². The van der Waals surface area contributed by atoms with Crippen LogP contribution in [-0.4, -0.2) is 21.5 Å². The van der Waals surface area contributed by atoms with Crippen molar-refractivity contribution in [3.8, 4) is 0 Å². The lowest BCUT2D eigenvalue weighted by Gasteiger charge is -2.02. The predicted octanol–water partition coefficient (Wildman–Crippen LogP) is 3.36. The number of methoxy groups -OCH3 is 1. The molecule has 0 saturated heterocycles. The van der Waals surface area contributed by atoms with Gasteiger partial charge in [0.2, 0.25) is 0 Å². The molecule has 0 bridgehead atoms. The summed E-state index contributed by atoms with van der Waals surface area (Å²) in [6.07, 6.45) is 0. The molecule has 2 rings (SSSR count). The van der Waals surface area contributed by atoms with Crippen LogP contribution in [0.1, 0.15) is 15.2 Å². The maximum absolute atomic E-state index is 12.1. The number of halogens is 1. The molecule has 0 radical (unpaired) electrons. The van der Waals surface area contributed by atoms with E-state index in [0.29, 0.717) is 19.8 Å². The fourth-order valence-electron chi connectivity index (χ4n) is 1.45. The maximum atomic E-state index is 12.1. The van der Waals surface area contributed by atoms with E-state index < -0.39 is 16.0 Å². The van der Waals surface area contributed by atoms with Gasteiger partial charge in [-0.25, -0.2) is 13.2 Å². The van der Waals surface area contributed by atoms with Crippen LogP contribution in [0.25, 0.3) is 0 Å². The Morgan fingerprint density at radius 3 is 2.60 bits per heavy atom. The monoisotopic (exact) mass is 351 g/mol. The minimum atomic E-state index is -3.69. The third kappa shape index (κ3) is 3.14. The molecule has 0 aliphatic carbocycles. The van der Waals surface area contributed by atoms with Gasteiger partial charge >= 0.3 is 5.97 Å². The van der Waals surface area contributed by atoms with Gasteiger partial charge in [0, 0.05) is 0 Å². The molecule has 108 valence electrons. The van der Waals surface area contributed by atoms with Crippen LogP contribution in [0.3, 0.4) is 0 Å². The first-order chi connectivity index (χ1) is 9.33. The van der Waals surface area contributed by atoms with Crippen LogP contribution in [0.2, 0.25) is 4.34 Å². The van der Waals surface area contributed by atoms with Crippen molar-refractivity contribution in [1.29, 1.82) is 0 Å². The fraction of sp³-hybridized carbons (Fsp3) is 0.182. The van der Waals surface area contributed by atoms with Gasteiger partial charge in [0.15, 0.2) is 0 Å². The summed E-state index contributed by atoms with van der Waals surface area (Å²) in [6, 6.07) is 4.53. The quantitative estimate of drug-likeness (QED) is 0.857. The van der Waals surface area contributed by atoms with Crippen LogP contribution in [0.15, 0.2) is 22.4 Å². The highest BCUT2D eigenvalue weighted by Crippen LogP contribution is 2.31. The predicted molar refractivity (Wildman–Crippen MR) is 80.5 cm³/mol. The van der Waals surface area contributed by atoms with E-state index in [1.54, 1.807) is 13.0 Å². The lowest BCUT2D eigenvalue weighted by atomic mass is 10.3. The molecule has 0 aromatic carbocycles. The van der Waals surface area contributed by atoms with Crippen molar-refractivity contribution in [2.75, 3.05) is 11.8 Å². The Kier molecular flexibility index (Phi) is 4.38. The van der Waals surface area contributed by atoms with Crippen molar-refractivity contribution < 1.29 is 17.9 Å². The number of rotatable bonds is 4. The lowest BCUT2D eigenvalue weighted by molar-refractivity contribution is 0.0605. The Balaban J connectivity index is 2.28. The molecule has 5 nitrogen and oxygen atoms in total. The molecule has 2 aromatic heterocycles. The number of thiophene rings is 2. The summed E-state index contributed by atoms with van der Waals surface area (Å²) in [5, 5.41) is 0.354. The summed E-state index contributed by atoms with van der Waals surface area (Å²) in [5.41, 5.74) is 0.656. The molecule has 0 unspecified atom stereocenters. The van der Waals surface area contributed by atoms with Gasteiger partial charge in [-0.15, -0.1) is 22.7 Å². The molecule has 0 aliphatic heterocycles. The van der Waals surface area contributed by atoms with E-state index in [4.69, 9.17) is 11.6 Å². The molecule has 0 fully saturated rings. The molecule has 1 N–H and O–H groups in total. The van der Waals surface area contributed by atoms with Gasteiger partial charge in [0.05, 0.1) is 11.4 Å². The Hall–Kier alpha value is -1.09. The van der Waals surface area contributed by atoms with Crippen LogP contribution in [0, 0.1) is 6.92 Å². The number of anilines is 1. The van der Waals surface area contributed by atoms with Crippen molar-refractivity contribution in [1.82, 2.24) is 0 Å². The smallest absolute Gasteiger partial charge is 0.348 e. The van der Waals surface area contributed by atoms with Crippen LogP contribution >= 0.6 is 34.3 Å². The highest BCUT2D eigenvalue weighted by Gasteiger charge is 2.20. The second kappa shape index (κ2) is 5.72. The van der Waals surface area contributed by atoms with E-state index >= 15 is 0 Å². The zero-order valence-corrected chi connectivity index (χ0v) is 13.7. The highest BCUT2D eigenvalue weighted by molar-refractivity contribution is 7.95. The average molecular weight is 352 g/mol. The molecule has 2 aromatic rings. The second-order valence-electron chi connectivity index (χ2n) is 3.78. The molecule has 0 amide bonds. The summed E-state index contributed by atoms with van der Waals surface area (Å²) in [7, 11) is -2.41. The summed E-state index contributed by atoms with van der Waals surface area (Å²) in [5.74, 6) is -0.489. The van der Waals surface area contributed by atoms with Crippen LogP contribution in [-0.2, 0) is 14.8 Å². The van der Waals surface area contributed by atoms with E-state index in [1.807, 2.05) is 0 Å². The number of nitrogens with one attached hydrogen (secondary N) is 1. The first-order valence-corrected chi connectivity index (χ1v) is 8.80. The molecule has 0 aliphatic rings. The fourth-order valence-corrected chi connectivity index (χ4v) is 5.21. The Morgan fingerprint density at radius 1 is 1.35 bits per heavy atom. The van der Waals surface area contributed by atoms with Gasteiger partial charge in [-0.3, -0.25) is 4.72 Å². The summed E-state index contributed by atoms with van der Waals surface area (Å²) in [6.45, 7) is 1.71. The van der Waals surface area contributed by atoms with Crippen LogP contribution in [0.4, 0.5) is 5.00 Å². The minimum absolute atomic E-state index is 0.119. The molecule has 0 saturated carbocycles. The topological polar surface area (TPSA) is 72.5 Å². The zero-order valence-electron chi connectivity index (χ0n) is 10.5. The summed E-state index contributed by atoms with van der Waals surface area (Å²) >= 11 is 7.72. The molecule has 20 heavy (non-hydrogen) atoms. The SMILES string of the molecule is COC(=O)c1sc(NS(=O)(=O)c2ccc(Cl)s2)cc1C. The Labute approximate surface area is 129 Å². The van der Waals surface area contributed by atoms with Crippen molar-refractivity contribution in [2.45, 2.75) is 11.1 Å². The molecule has 2 heterocycles. The first kappa shape index (κ1) is 15.3. The van der Waals surface area contributed by atoms with Crippen molar-refractivity contribution in [3.05, 3.63) is 33.0 Å². The number of ether oxygens (including phenoxy) is 1. The largest absolute Gasteiger partial charge is 0.465 e. The normalized spacial score (nSPS) is 11.3. The van der Waals surface area contributed by atoms with Gasteiger partial charge in [0.1, 0.15) is 14.1 Å². The van der Waals surface area contributed by atoms with Crippen LogP contribution < -0.4 is 4.72 Å². The lowest BCUT2D eigenvalue weighted by Crippen LogP contribution is -2.10. The van der Waals surface area contributed by atoms with Crippen molar-refractivity contribution in [3.63, 3.8) is 0 Å². The second-order valence-corrected chi connectivity index (χ2v) is 8.45.